The zero-order chi connectivity index (χ0) is 19.1. The van der Waals surface area contributed by atoms with Crippen LogP contribution in [0.5, 0.6) is 0 Å². The Morgan fingerprint density at radius 1 is 1.07 bits per heavy atom. The molecule has 0 saturated carbocycles. The molecule has 1 heterocycles. The van der Waals surface area contributed by atoms with Crippen molar-refractivity contribution in [1.82, 2.24) is 25.0 Å². The summed E-state index contributed by atoms with van der Waals surface area (Å²) < 4.78 is 1.98. The van der Waals surface area contributed by atoms with Gasteiger partial charge in [-0.2, -0.15) is 0 Å². The third kappa shape index (κ3) is 4.73. The third-order valence-corrected chi connectivity index (χ3v) is 4.48. The van der Waals surface area contributed by atoms with E-state index in [0.29, 0.717) is 6.54 Å². The van der Waals surface area contributed by atoms with Gasteiger partial charge in [0.05, 0.1) is 6.54 Å². The first-order valence-electron chi connectivity index (χ1n) is 9.15. The molecule has 0 unspecified atom stereocenters. The molecule has 27 heavy (non-hydrogen) atoms. The summed E-state index contributed by atoms with van der Waals surface area (Å²) >= 11 is 0. The molecule has 0 aliphatic heterocycles. The first-order valence-corrected chi connectivity index (χ1v) is 9.15. The van der Waals surface area contributed by atoms with Crippen LogP contribution in [-0.2, 0) is 19.5 Å². The second kappa shape index (κ2) is 8.98. The van der Waals surface area contributed by atoms with Crippen molar-refractivity contribution in [2.75, 3.05) is 14.1 Å². The first-order chi connectivity index (χ1) is 13.2. The number of para-hydroxylation sites is 1. The van der Waals surface area contributed by atoms with Gasteiger partial charge in [-0.25, -0.2) is 0 Å². The number of aryl methyl sites for hydroxylation is 1. The van der Waals surface area contributed by atoms with E-state index >= 15 is 0 Å². The second-order valence-corrected chi connectivity index (χ2v) is 6.38. The van der Waals surface area contributed by atoms with Crippen LogP contribution in [0.2, 0.25) is 0 Å². The fraction of sp³-hybridized carbons (Fsp3) is 0.286. The van der Waals surface area contributed by atoms with Gasteiger partial charge < -0.3 is 10.2 Å². The average molecular weight is 362 g/mol. The minimum atomic E-state index is 0.542. The Balaban J connectivity index is 1.63. The van der Waals surface area contributed by atoms with E-state index in [-0.39, 0.29) is 0 Å². The van der Waals surface area contributed by atoms with Crippen LogP contribution in [0.3, 0.4) is 0 Å². The topological polar surface area (TPSA) is 58.3 Å². The quantitative estimate of drug-likeness (QED) is 0.541. The SMILES string of the molecule is CCc1ccc(CN(C)C(=NC)NCc2nncn2-c2ccccc2)cc1. The number of hydrogen-bond donors (Lipinski definition) is 1. The molecular weight excluding hydrogens is 336 g/mol. The highest BCUT2D eigenvalue weighted by Gasteiger charge is 2.10. The number of aliphatic imine (C=N–C) groups is 1. The van der Waals surface area contributed by atoms with Crippen molar-refractivity contribution in [1.29, 1.82) is 0 Å². The van der Waals surface area contributed by atoms with Gasteiger partial charge in [-0.15, -0.1) is 10.2 Å². The second-order valence-electron chi connectivity index (χ2n) is 6.38. The summed E-state index contributed by atoms with van der Waals surface area (Å²) in [5, 5.41) is 11.7. The van der Waals surface area contributed by atoms with E-state index in [1.54, 1.807) is 13.4 Å². The number of rotatable bonds is 6. The Morgan fingerprint density at radius 3 is 2.44 bits per heavy atom. The van der Waals surface area contributed by atoms with Crippen LogP contribution in [0, 0.1) is 0 Å². The van der Waals surface area contributed by atoms with Gasteiger partial charge in [-0.05, 0) is 29.7 Å². The molecule has 1 aromatic heterocycles. The molecule has 0 atom stereocenters. The summed E-state index contributed by atoms with van der Waals surface area (Å²) in [5.74, 6) is 1.65. The number of nitrogens with one attached hydrogen (secondary N) is 1. The van der Waals surface area contributed by atoms with Crippen LogP contribution in [0.25, 0.3) is 5.69 Å². The summed E-state index contributed by atoms with van der Waals surface area (Å²) in [7, 11) is 3.83. The van der Waals surface area contributed by atoms with Gasteiger partial charge in [0.2, 0.25) is 0 Å². The van der Waals surface area contributed by atoms with Gasteiger partial charge in [0.25, 0.3) is 0 Å². The monoisotopic (exact) mass is 362 g/mol. The molecule has 1 N–H and O–H groups in total. The number of nitrogens with zero attached hydrogens (tertiary/aromatic N) is 5. The van der Waals surface area contributed by atoms with Crippen molar-refractivity contribution >= 4 is 5.96 Å². The van der Waals surface area contributed by atoms with E-state index in [0.717, 1.165) is 30.4 Å². The minimum Gasteiger partial charge on any atom is -0.349 e. The predicted octanol–water partition coefficient (Wildman–Crippen LogP) is 3.04. The summed E-state index contributed by atoms with van der Waals surface area (Å²) in [6, 6.07) is 18.8. The highest BCUT2D eigenvalue weighted by atomic mass is 15.3. The van der Waals surface area contributed by atoms with E-state index in [4.69, 9.17) is 0 Å². The van der Waals surface area contributed by atoms with Crippen LogP contribution in [0.1, 0.15) is 23.9 Å². The predicted molar refractivity (Wildman–Crippen MR) is 109 cm³/mol. The lowest BCUT2D eigenvalue weighted by molar-refractivity contribution is 0.475. The lowest BCUT2D eigenvalue weighted by atomic mass is 10.1. The largest absolute Gasteiger partial charge is 0.349 e. The average Bonchev–Trinajstić information content (AvgIpc) is 3.18. The standard InChI is InChI=1S/C21H26N6/c1-4-17-10-12-18(13-11-17)15-26(3)21(22-2)23-14-20-25-24-16-27(20)19-8-6-5-7-9-19/h5-13,16H,4,14-15H2,1-3H3,(H,22,23). The molecule has 0 aliphatic rings. The zero-order valence-corrected chi connectivity index (χ0v) is 16.1. The van der Waals surface area contributed by atoms with Gasteiger partial charge in [-0.3, -0.25) is 9.56 Å². The van der Waals surface area contributed by atoms with Gasteiger partial charge in [0.15, 0.2) is 11.8 Å². The van der Waals surface area contributed by atoms with Crippen LogP contribution < -0.4 is 5.32 Å². The molecule has 0 fully saturated rings. The Morgan fingerprint density at radius 2 is 1.78 bits per heavy atom. The van der Waals surface area contributed by atoms with E-state index in [1.807, 2.05) is 41.9 Å². The van der Waals surface area contributed by atoms with E-state index < -0.39 is 0 Å². The molecule has 3 rings (SSSR count). The number of aromatic nitrogens is 3. The van der Waals surface area contributed by atoms with Crippen molar-refractivity contribution in [3.05, 3.63) is 77.9 Å². The lowest BCUT2D eigenvalue weighted by Crippen LogP contribution is -2.38. The van der Waals surface area contributed by atoms with Crippen LogP contribution in [-0.4, -0.2) is 39.7 Å². The summed E-state index contributed by atoms with van der Waals surface area (Å²) in [5.41, 5.74) is 3.65. The number of benzene rings is 2. The zero-order valence-electron chi connectivity index (χ0n) is 16.1. The van der Waals surface area contributed by atoms with Crippen molar-refractivity contribution in [2.24, 2.45) is 4.99 Å². The van der Waals surface area contributed by atoms with Crippen molar-refractivity contribution in [3.63, 3.8) is 0 Å². The molecule has 0 aliphatic carbocycles. The molecular formula is C21H26N6. The Labute approximate surface area is 160 Å². The molecule has 0 saturated heterocycles. The molecule has 140 valence electrons. The summed E-state index contributed by atoms with van der Waals surface area (Å²) in [6.07, 6.45) is 2.79. The molecule has 0 amide bonds. The van der Waals surface area contributed by atoms with Crippen LogP contribution in [0.15, 0.2) is 65.9 Å². The van der Waals surface area contributed by atoms with Crippen molar-refractivity contribution < 1.29 is 0 Å². The van der Waals surface area contributed by atoms with Crippen molar-refractivity contribution in [3.8, 4) is 5.69 Å². The maximum absolute atomic E-state index is 4.39. The summed E-state index contributed by atoms with van der Waals surface area (Å²) in [6.45, 7) is 3.50. The van der Waals surface area contributed by atoms with Crippen LogP contribution >= 0.6 is 0 Å². The molecule has 0 spiro atoms. The normalized spacial score (nSPS) is 11.4. The minimum absolute atomic E-state index is 0.542. The Kier molecular flexibility index (Phi) is 6.20. The third-order valence-electron chi connectivity index (χ3n) is 4.48. The smallest absolute Gasteiger partial charge is 0.194 e. The maximum Gasteiger partial charge on any atom is 0.194 e. The van der Waals surface area contributed by atoms with Gasteiger partial charge >= 0.3 is 0 Å². The lowest BCUT2D eigenvalue weighted by Gasteiger charge is -2.22. The fourth-order valence-corrected chi connectivity index (χ4v) is 2.96. The Hall–Kier alpha value is -3.15. The highest BCUT2D eigenvalue weighted by Crippen LogP contribution is 2.10. The van der Waals surface area contributed by atoms with Gasteiger partial charge in [0.1, 0.15) is 6.33 Å². The van der Waals surface area contributed by atoms with Crippen molar-refractivity contribution in [2.45, 2.75) is 26.4 Å². The molecule has 2 aromatic carbocycles. The maximum atomic E-state index is 4.39. The van der Waals surface area contributed by atoms with Gasteiger partial charge in [0, 0.05) is 26.3 Å². The van der Waals surface area contributed by atoms with E-state index in [1.165, 1.54) is 11.1 Å². The fourth-order valence-electron chi connectivity index (χ4n) is 2.96. The highest BCUT2D eigenvalue weighted by molar-refractivity contribution is 5.79. The van der Waals surface area contributed by atoms with Crippen LogP contribution in [0.4, 0.5) is 0 Å². The van der Waals surface area contributed by atoms with Gasteiger partial charge in [-0.1, -0.05) is 49.4 Å². The molecule has 6 heteroatoms. The molecule has 6 nitrogen and oxygen atoms in total. The molecule has 3 aromatic rings. The van der Waals surface area contributed by atoms with E-state index in [9.17, 15) is 0 Å². The van der Waals surface area contributed by atoms with E-state index in [2.05, 4.69) is 56.6 Å². The molecule has 0 bridgehead atoms. The number of hydrogen-bond acceptors (Lipinski definition) is 3. The number of guanidine groups is 1. The summed E-state index contributed by atoms with van der Waals surface area (Å²) in [4.78, 5) is 6.50. The first kappa shape index (κ1) is 18.6. The molecule has 0 radical (unpaired) electrons. The Bertz CT molecular complexity index is 867.